The first kappa shape index (κ1) is 32.8. The van der Waals surface area contributed by atoms with E-state index in [1.807, 2.05) is 13.8 Å². The molecule has 0 aromatic heterocycles. The predicted octanol–water partition coefficient (Wildman–Crippen LogP) is 5.47. The molecule has 5 nitrogen and oxygen atoms in total. The number of ketones is 1. The summed E-state index contributed by atoms with van der Waals surface area (Å²) in [6.07, 6.45) is -1.57. The number of halogens is 4. The van der Waals surface area contributed by atoms with Gasteiger partial charge in [0, 0.05) is 50.2 Å². The molecule has 0 fully saturated rings. The van der Waals surface area contributed by atoms with Crippen LogP contribution in [0.4, 0.5) is 17.6 Å². The first-order valence-corrected chi connectivity index (χ1v) is 12.4. The number of carbonyl (C=O) groups excluding carboxylic acids is 2. The van der Waals surface area contributed by atoms with Gasteiger partial charge in [-0.05, 0) is 18.3 Å². The molecule has 0 spiro atoms. The fraction of sp³-hybridized carbons (Fsp3) is 0.920. The van der Waals surface area contributed by atoms with Crippen LogP contribution in [0, 0.1) is 23.7 Å². The van der Waals surface area contributed by atoms with Crippen molar-refractivity contribution in [2.75, 3.05) is 19.7 Å². The SMILES string of the molecule is CC(C)NCCNC(=O)CCC(COC(CC(F)(F)C(F)(F)C(C)C)C(C)C)CC(=O)C(C)C. The molecule has 9 heteroatoms. The van der Waals surface area contributed by atoms with Crippen LogP contribution in [-0.4, -0.2) is 55.4 Å². The summed E-state index contributed by atoms with van der Waals surface area (Å²) in [6.45, 7) is 14.0. The van der Waals surface area contributed by atoms with Crippen molar-refractivity contribution in [3.05, 3.63) is 0 Å². The van der Waals surface area contributed by atoms with Gasteiger partial charge in [0.05, 0.1) is 12.7 Å². The molecule has 0 saturated heterocycles. The summed E-state index contributed by atoms with van der Waals surface area (Å²) in [5.41, 5.74) is 0. The summed E-state index contributed by atoms with van der Waals surface area (Å²) in [5.74, 6) is -11.1. The Balaban J connectivity index is 5.10. The number of ether oxygens (including phenoxy) is 1. The normalized spacial score (nSPS) is 14.8. The molecule has 0 aromatic rings. The van der Waals surface area contributed by atoms with E-state index >= 15 is 0 Å². The van der Waals surface area contributed by atoms with Gasteiger partial charge >= 0.3 is 11.8 Å². The van der Waals surface area contributed by atoms with Crippen LogP contribution in [0.25, 0.3) is 0 Å². The minimum atomic E-state index is -4.22. The molecule has 2 unspecified atom stereocenters. The van der Waals surface area contributed by atoms with E-state index in [9.17, 15) is 27.2 Å². The highest BCUT2D eigenvalue weighted by atomic mass is 19.3. The van der Waals surface area contributed by atoms with E-state index in [0.717, 1.165) is 13.8 Å². The van der Waals surface area contributed by atoms with E-state index in [0.29, 0.717) is 25.6 Å². The van der Waals surface area contributed by atoms with E-state index < -0.39 is 36.2 Å². The Bertz CT molecular complexity index is 611. The number of nitrogens with one attached hydrogen (secondary N) is 2. The Labute approximate surface area is 203 Å². The molecule has 34 heavy (non-hydrogen) atoms. The molecule has 0 aliphatic heterocycles. The third-order valence-electron chi connectivity index (χ3n) is 5.87. The Morgan fingerprint density at radius 3 is 1.97 bits per heavy atom. The van der Waals surface area contributed by atoms with Crippen LogP contribution >= 0.6 is 0 Å². The lowest BCUT2D eigenvalue weighted by atomic mass is 9.91. The van der Waals surface area contributed by atoms with E-state index in [1.165, 1.54) is 0 Å². The van der Waals surface area contributed by atoms with Crippen molar-refractivity contribution < 1.29 is 31.9 Å². The predicted molar refractivity (Wildman–Crippen MR) is 127 cm³/mol. The van der Waals surface area contributed by atoms with Gasteiger partial charge < -0.3 is 15.4 Å². The summed E-state index contributed by atoms with van der Waals surface area (Å²) < 4.78 is 62.7. The summed E-state index contributed by atoms with van der Waals surface area (Å²) in [7, 11) is 0. The van der Waals surface area contributed by atoms with Gasteiger partial charge in [-0.25, -0.2) is 0 Å². The van der Waals surface area contributed by atoms with Crippen molar-refractivity contribution in [2.24, 2.45) is 23.7 Å². The average Bonchev–Trinajstić information content (AvgIpc) is 2.71. The lowest BCUT2D eigenvalue weighted by Gasteiger charge is -2.34. The zero-order valence-electron chi connectivity index (χ0n) is 22.2. The van der Waals surface area contributed by atoms with Crippen LogP contribution < -0.4 is 10.6 Å². The summed E-state index contributed by atoms with van der Waals surface area (Å²) in [6, 6.07) is 0.308. The Kier molecular flexibility index (Phi) is 14.5. The van der Waals surface area contributed by atoms with Crippen LogP contribution in [0.3, 0.4) is 0 Å². The zero-order valence-corrected chi connectivity index (χ0v) is 22.2. The highest BCUT2D eigenvalue weighted by Gasteiger charge is 2.58. The lowest BCUT2D eigenvalue weighted by molar-refractivity contribution is -0.246. The topological polar surface area (TPSA) is 67.4 Å². The highest BCUT2D eigenvalue weighted by molar-refractivity contribution is 5.80. The maximum absolute atomic E-state index is 14.4. The second-order valence-corrected chi connectivity index (χ2v) is 10.5. The van der Waals surface area contributed by atoms with Gasteiger partial charge in [-0.3, -0.25) is 9.59 Å². The zero-order chi connectivity index (χ0) is 26.7. The van der Waals surface area contributed by atoms with Gasteiger partial charge in [0.25, 0.3) is 0 Å². The first-order valence-electron chi connectivity index (χ1n) is 12.4. The maximum atomic E-state index is 14.4. The average molecular weight is 499 g/mol. The van der Waals surface area contributed by atoms with Crippen molar-refractivity contribution in [1.29, 1.82) is 0 Å². The largest absolute Gasteiger partial charge is 0.377 e. The van der Waals surface area contributed by atoms with E-state index in [1.54, 1.807) is 27.7 Å². The van der Waals surface area contributed by atoms with Crippen molar-refractivity contribution in [3.63, 3.8) is 0 Å². The molecule has 0 saturated carbocycles. The van der Waals surface area contributed by atoms with E-state index in [-0.39, 0.29) is 43.0 Å². The third kappa shape index (κ3) is 12.0. The van der Waals surface area contributed by atoms with Crippen molar-refractivity contribution >= 4 is 11.7 Å². The summed E-state index contributed by atoms with van der Waals surface area (Å²) in [4.78, 5) is 24.5. The number of carbonyl (C=O) groups is 2. The number of alkyl halides is 4. The van der Waals surface area contributed by atoms with Crippen LogP contribution in [0.15, 0.2) is 0 Å². The molecule has 0 heterocycles. The molecule has 0 bridgehead atoms. The van der Waals surface area contributed by atoms with Gasteiger partial charge in [-0.2, -0.15) is 17.6 Å². The van der Waals surface area contributed by atoms with E-state index in [4.69, 9.17) is 4.74 Å². The maximum Gasteiger partial charge on any atom is 0.312 e. The van der Waals surface area contributed by atoms with Gasteiger partial charge in [-0.1, -0.05) is 55.4 Å². The molecule has 0 radical (unpaired) electrons. The Hall–Kier alpha value is -1.22. The molecule has 0 aliphatic rings. The molecule has 202 valence electrons. The first-order chi connectivity index (χ1) is 15.5. The number of hydrogen-bond donors (Lipinski definition) is 2. The van der Waals surface area contributed by atoms with Crippen LogP contribution in [0.1, 0.15) is 81.1 Å². The number of amides is 1. The minimum absolute atomic E-state index is 0.0205. The minimum Gasteiger partial charge on any atom is -0.377 e. The fourth-order valence-electron chi connectivity index (χ4n) is 3.31. The molecule has 2 atom stereocenters. The second-order valence-electron chi connectivity index (χ2n) is 10.5. The van der Waals surface area contributed by atoms with E-state index in [2.05, 4.69) is 10.6 Å². The molecule has 0 aliphatic carbocycles. The quantitative estimate of drug-likeness (QED) is 0.194. The molecule has 0 rings (SSSR count). The fourth-order valence-corrected chi connectivity index (χ4v) is 3.31. The van der Waals surface area contributed by atoms with Gasteiger partial charge in [0.1, 0.15) is 5.78 Å². The number of hydrogen-bond acceptors (Lipinski definition) is 4. The highest BCUT2D eigenvalue weighted by Crippen LogP contribution is 2.44. The van der Waals surface area contributed by atoms with Crippen LogP contribution in [0.2, 0.25) is 0 Å². The summed E-state index contributed by atoms with van der Waals surface area (Å²) in [5, 5.41) is 5.99. The number of rotatable bonds is 18. The summed E-state index contributed by atoms with van der Waals surface area (Å²) >= 11 is 0. The monoisotopic (exact) mass is 498 g/mol. The van der Waals surface area contributed by atoms with Crippen molar-refractivity contribution in [2.45, 2.75) is 105 Å². The Morgan fingerprint density at radius 1 is 0.912 bits per heavy atom. The van der Waals surface area contributed by atoms with Gasteiger partial charge in [0.2, 0.25) is 5.91 Å². The van der Waals surface area contributed by atoms with Crippen LogP contribution in [-0.2, 0) is 14.3 Å². The Morgan fingerprint density at radius 2 is 1.50 bits per heavy atom. The smallest absolute Gasteiger partial charge is 0.312 e. The standard InChI is InChI=1S/C25H46F4N2O3/c1-16(2)21(32)13-20(9-10-23(33)31-12-11-30-19(7)8)15-34-22(17(3)4)14-24(26,27)25(28,29)18(5)6/h16-20,22,30H,9-15H2,1-8H3,(H,31,33). The lowest BCUT2D eigenvalue weighted by Crippen LogP contribution is -2.47. The van der Waals surface area contributed by atoms with Gasteiger partial charge in [-0.15, -0.1) is 0 Å². The second kappa shape index (κ2) is 15.0. The molecule has 2 N–H and O–H groups in total. The number of Topliss-reactive ketones (excluding diaryl/α,β-unsaturated/α-hetero) is 1. The van der Waals surface area contributed by atoms with Gasteiger partial charge in [0.15, 0.2) is 0 Å². The molecule has 0 aromatic carbocycles. The molecular formula is C25H46F4N2O3. The third-order valence-corrected chi connectivity index (χ3v) is 5.87. The molecular weight excluding hydrogens is 452 g/mol. The van der Waals surface area contributed by atoms with Crippen LogP contribution in [0.5, 0.6) is 0 Å². The molecule has 1 amide bonds. The van der Waals surface area contributed by atoms with Crippen molar-refractivity contribution in [3.8, 4) is 0 Å². The van der Waals surface area contributed by atoms with Crippen molar-refractivity contribution in [1.82, 2.24) is 10.6 Å².